The zero-order valence-electron chi connectivity index (χ0n) is 11.9. The number of nitrogens with zero attached hydrogens (tertiary/aromatic N) is 1. The lowest BCUT2D eigenvalue weighted by molar-refractivity contribution is -0.117. The van der Waals surface area contributed by atoms with Crippen molar-refractivity contribution in [3.05, 3.63) is 23.8 Å². The fourth-order valence-corrected chi connectivity index (χ4v) is 2.41. The van der Waals surface area contributed by atoms with Crippen LogP contribution in [0, 0.1) is 19.3 Å². The molecule has 4 heteroatoms. The molecular weight excluding hydrogens is 250 g/mol. The molecule has 0 bridgehead atoms. The Bertz CT molecular complexity index is 527. The van der Waals surface area contributed by atoms with E-state index in [1.807, 2.05) is 19.1 Å². The molecule has 1 amide bonds. The third kappa shape index (κ3) is 3.31. The summed E-state index contributed by atoms with van der Waals surface area (Å²) in [6.07, 6.45) is 7.91. The number of nitrogens with two attached hydrogens (primary N) is 1. The largest absolute Gasteiger partial charge is 0.372 e. The van der Waals surface area contributed by atoms with Crippen molar-refractivity contribution in [3.8, 4) is 12.3 Å². The van der Waals surface area contributed by atoms with Crippen molar-refractivity contribution < 1.29 is 4.79 Å². The molecule has 106 valence electrons. The topological polar surface area (TPSA) is 58.4 Å². The molecule has 1 aliphatic heterocycles. The van der Waals surface area contributed by atoms with Gasteiger partial charge in [-0.3, -0.25) is 4.79 Å². The first-order chi connectivity index (χ1) is 9.61. The van der Waals surface area contributed by atoms with E-state index in [1.165, 1.54) is 18.5 Å². The highest BCUT2D eigenvalue weighted by atomic mass is 16.2. The van der Waals surface area contributed by atoms with Crippen molar-refractivity contribution in [1.29, 1.82) is 0 Å². The van der Waals surface area contributed by atoms with Gasteiger partial charge in [0.05, 0.1) is 6.04 Å². The van der Waals surface area contributed by atoms with E-state index in [4.69, 9.17) is 12.2 Å². The van der Waals surface area contributed by atoms with E-state index in [-0.39, 0.29) is 12.3 Å². The van der Waals surface area contributed by atoms with Crippen LogP contribution < -0.4 is 16.0 Å². The molecule has 0 aliphatic carbocycles. The van der Waals surface area contributed by atoms with E-state index in [2.05, 4.69) is 22.2 Å². The highest BCUT2D eigenvalue weighted by molar-refractivity contribution is 5.95. The number of amides is 1. The van der Waals surface area contributed by atoms with Gasteiger partial charge in [-0.25, -0.2) is 0 Å². The van der Waals surface area contributed by atoms with E-state index in [1.54, 1.807) is 0 Å². The lowest BCUT2D eigenvalue weighted by Crippen LogP contribution is -2.35. The Morgan fingerprint density at radius 2 is 2.20 bits per heavy atom. The molecule has 20 heavy (non-hydrogen) atoms. The van der Waals surface area contributed by atoms with Gasteiger partial charge in [0, 0.05) is 30.9 Å². The third-order valence-corrected chi connectivity index (χ3v) is 3.61. The Balaban J connectivity index is 2.06. The molecule has 0 radical (unpaired) electrons. The SMILES string of the molecule is C#CCC(N)C(=O)Nc1ccc(N2CCCC2)cc1C. The van der Waals surface area contributed by atoms with Crippen molar-refractivity contribution in [2.24, 2.45) is 5.73 Å². The number of hydrogen-bond acceptors (Lipinski definition) is 3. The predicted octanol–water partition coefficient (Wildman–Crippen LogP) is 1.88. The van der Waals surface area contributed by atoms with Crippen LogP contribution in [0.25, 0.3) is 0 Å². The number of benzene rings is 1. The summed E-state index contributed by atoms with van der Waals surface area (Å²) in [6.45, 7) is 4.21. The zero-order chi connectivity index (χ0) is 14.5. The molecule has 0 saturated carbocycles. The highest BCUT2D eigenvalue weighted by Crippen LogP contribution is 2.25. The molecule has 4 nitrogen and oxygen atoms in total. The molecule has 1 aromatic rings. The lowest BCUT2D eigenvalue weighted by Gasteiger charge is -2.19. The average Bonchev–Trinajstić information content (AvgIpc) is 2.95. The maximum absolute atomic E-state index is 11.9. The van der Waals surface area contributed by atoms with Gasteiger partial charge in [-0.15, -0.1) is 12.3 Å². The van der Waals surface area contributed by atoms with Crippen LogP contribution in [0.1, 0.15) is 24.8 Å². The van der Waals surface area contributed by atoms with Crippen molar-refractivity contribution in [2.45, 2.75) is 32.2 Å². The molecule has 1 aromatic carbocycles. The van der Waals surface area contributed by atoms with Crippen LogP contribution in [0.5, 0.6) is 0 Å². The molecular formula is C16H21N3O. The van der Waals surface area contributed by atoms with E-state index in [0.717, 1.165) is 24.3 Å². The fraction of sp³-hybridized carbons (Fsp3) is 0.438. The fourth-order valence-electron chi connectivity index (χ4n) is 2.41. The Morgan fingerprint density at radius 1 is 1.50 bits per heavy atom. The van der Waals surface area contributed by atoms with E-state index >= 15 is 0 Å². The summed E-state index contributed by atoms with van der Waals surface area (Å²) in [4.78, 5) is 14.2. The number of hydrogen-bond donors (Lipinski definition) is 2. The minimum absolute atomic E-state index is 0.236. The van der Waals surface area contributed by atoms with Crippen molar-refractivity contribution >= 4 is 17.3 Å². The number of anilines is 2. The summed E-state index contributed by atoms with van der Waals surface area (Å²) >= 11 is 0. The summed E-state index contributed by atoms with van der Waals surface area (Å²) in [5.74, 6) is 2.17. The number of nitrogens with one attached hydrogen (secondary N) is 1. The number of terminal acetylenes is 1. The minimum atomic E-state index is -0.655. The van der Waals surface area contributed by atoms with Crippen molar-refractivity contribution in [3.63, 3.8) is 0 Å². The second-order valence-corrected chi connectivity index (χ2v) is 5.20. The molecule has 1 fully saturated rings. The first-order valence-corrected chi connectivity index (χ1v) is 6.97. The molecule has 1 saturated heterocycles. The van der Waals surface area contributed by atoms with Crippen LogP contribution in [-0.2, 0) is 4.79 Å². The van der Waals surface area contributed by atoms with Crippen LogP contribution in [0.3, 0.4) is 0 Å². The normalized spacial score (nSPS) is 15.8. The van der Waals surface area contributed by atoms with Gasteiger partial charge < -0.3 is 16.0 Å². The van der Waals surface area contributed by atoms with Gasteiger partial charge in [-0.2, -0.15) is 0 Å². The summed E-state index contributed by atoms with van der Waals surface area (Å²) < 4.78 is 0. The molecule has 2 rings (SSSR count). The van der Waals surface area contributed by atoms with Crippen LogP contribution >= 0.6 is 0 Å². The molecule has 0 spiro atoms. The third-order valence-electron chi connectivity index (χ3n) is 3.61. The molecule has 1 atom stereocenters. The zero-order valence-corrected chi connectivity index (χ0v) is 11.9. The molecule has 1 heterocycles. The summed E-state index contributed by atoms with van der Waals surface area (Å²) in [7, 11) is 0. The Labute approximate surface area is 120 Å². The highest BCUT2D eigenvalue weighted by Gasteiger charge is 2.15. The Hall–Kier alpha value is -1.99. The van der Waals surface area contributed by atoms with Gasteiger partial charge in [-0.05, 0) is 43.5 Å². The minimum Gasteiger partial charge on any atom is -0.372 e. The van der Waals surface area contributed by atoms with Crippen molar-refractivity contribution in [1.82, 2.24) is 0 Å². The van der Waals surface area contributed by atoms with Gasteiger partial charge in [0.1, 0.15) is 0 Å². The summed E-state index contributed by atoms with van der Waals surface area (Å²) in [5, 5.41) is 2.83. The van der Waals surface area contributed by atoms with Crippen LogP contribution in [0.15, 0.2) is 18.2 Å². The van der Waals surface area contributed by atoms with Crippen LogP contribution in [0.4, 0.5) is 11.4 Å². The predicted molar refractivity (Wildman–Crippen MR) is 82.7 cm³/mol. The molecule has 3 N–H and O–H groups in total. The van der Waals surface area contributed by atoms with Gasteiger partial charge in [0.25, 0.3) is 0 Å². The Kier molecular flexibility index (Phi) is 4.65. The number of carbonyl (C=O) groups is 1. The van der Waals surface area contributed by atoms with Gasteiger partial charge >= 0.3 is 0 Å². The van der Waals surface area contributed by atoms with Gasteiger partial charge in [0.15, 0.2) is 0 Å². The second kappa shape index (κ2) is 6.44. The van der Waals surface area contributed by atoms with Gasteiger partial charge in [0.2, 0.25) is 5.91 Å². The molecule has 0 aromatic heterocycles. The number of aryl methyl sites for hydroxylation is 1. The second-order valence-electron chi connectivity index (χ2n) is 5.20. The van der Waals surface area contributed by atoms with Crippen LogP contribution in [-0.4, -0.2) is 25.0 Å². The van der Waals surface area contributed by atoms with Crippen molar-refractivity contribution in [2.75, 3.05) is 23.3 Å². The number of rotatable bonds is 4. The standard InChI is InChI=1S/C16H21N3O/c1-3-6-14(17)16(20)18-15-8-7-13(11-12(15)2)19-9-4-5-10-19/h1,7-8,11,14H,4-6,9-10,17H2,2H3,(H,18,20). The van der Waals surface area contributed by atoms with E-state index in [9.17, 15) is 4.79 Å². The monoisotopic (exact) mass is 271 g/mol. The van der Waals surface area contributed by atoms with E-state index < -0.39 is 6.04 Å². The quantitative estimate of drug-likeness (QED) is 0.822. The number of carbonyl (C=O) groups excluding carboxylic acids is 1. The maximum Gasteiger partial charge on any atom is 0.242 e. The first-order valence-electron chi connectivity index (χ1n) is 6.97. The average molecular weight is 271 g/mol. The first kappa shape index (κ1) is 14.4. The molecule has 1 aliphatic rings. The van der Waals surface area contributed by atoms with Gasteiger partial charge in [-0.1, -0.05) is 0 Å². The summed E-state index contributed by atoms with van der Waals surface area (Å²) in [6, 6.07) is 5.43. The van der Waals surface area contributed by atoms with E-state index in [0.29, 0.717) is 0 Å². The van der Waals surface area contributed by atoms with Crippen LogP contribution in [0.2, 0.25) is 0 Å². The lowest BCUT2D eigenvalue weighted by atomic mass is 10.1. The summed E-state index contributed by atoms with van der Waals surface area (Å²) in [5.41, 5.74) is 8.74. The smallest absolute Gasteiger partial charge is 0.242 e. The molecule has 1 unspecified atom stereocenters. The maximum atomic E-state index is 11.9. The Morgan fingerprint density at radius 3 is 2.80 bits per heavy atom.